The zero-order valence-electron chi connectivity index (χ0n) is 20.0. The Morgan fingerprint density at radius 2 is 1.35 bits per heavy atom. The van der Waals surface area contributed by atoms with Crippen molar-refractivity contribution in [1.29, 1.82) is 0 Å². The van der Waals surface area contributed by atoms with Crippen LogP contribution in [-0.4, -0.2) is 27.7 Å². The maximum Gasteiger partial charge on any atom is 0.263 e. The Bertz CT molecular complexity index is 1640. The Labute approximate surface area is 215 Å². The summed E-state index contributed by atoms with van der Waals surface area (Å²) in [5.41, 5.74) is 2.56. The highest BCUT2D eigenvalue weighted by atomic mass is 32.2. The summed E-state index contributed by atoms with van der Waals surface area (Å²) in [5.74, 6) is -0.238. The molecular formula is C26H24N4O5S2. The zero-order valence-corrected chi connectivity index (χ0v) is 21.6. The first-order valence-corrected chi connectivity index (χ1v) is 14.1. The Morgan fingerprint density at radius 1 is 0.730 bits per heavy atom. The topological polar surface area (TPSA) is 134 Å². The Hall–Kier alpha value is -4.22. The molecule has 11 heteroatoms. The van der Waals surface area contributed by atoms with Gasteiger partial charge in [-0.2, -0.15) is 0 Å². The van der Waals surface area contributed by atoms with Gasteiger partial charge in [-0.25, -0.2) is 21.8 Å². The van der Waals surface area contributed by atoms with Crippen molar-refractivity contribution in [3.8, 4) is 0 Å². The number of anilines is 3. The number of hydrogen-bond donors (Lipinski definition) is 3. The van der Waals surface area contributed by atoms with Gasteiger partial charge in [-0.15, -0.1) is 0 Å². The summed E-state index contributed by atoms with van der Waals surface area (Å²) in [7, 11) is -7.62. The van der Waals surface area contributed by atoms with E-state index >= 15 is 0 Å². The van der Waals surface area contributed by atoms with Crippen LogP contribution in [0.1, 0.15) is 21.5 Å². The van der Waals surface area contributed by atoms with Crippen LogP contribution in [0.5, 0.6) is 0 Å². The molecule has 0 radical (unpaired) electrons. The number of amides is 1. The molecular weight excluding hydrogens is 512 g/mol. The SMILES string of the molecule is Cc1ccc(S(=O)(=O)Nc2ccc(C(=O)Nc3ccc(S(=O)(=O)Nc4ccccn4)cc3)cc2C)cc1. The summed E-state index contributed by atoms with van der Waals surface area (Å²) in [4.78, 5) is 16.8. The normalized spacial score (nSPS) is 11.5. The van der Waals surface area contributed by atoms with Crippen LogP contribution in [0, 0.1) is 13.8 Å². The van der Waals surface area contributed by atoms with Crippen molar-refractivity contribution in [2.24, 2.45) is 0 Å². The number of pyridine rings is 1. The molecule has 0 saturated carbocycles. The quantitative estimate of drug-likeness (QED) is 0.302. The number of nitrogens with zero attached hydrogens (tertiary/aromatic N) is 1. The van der Waals surface area contributed by atoms with Crippen LogP contribution < -0.4 is 14.8 Å². The second-order valence-electron chi connectivity index (χ2n) is 8.25. The molecule has 4 rings (SSSR count). The van der Waals surface area contributed by atoms with Gasteiger partial charge in [0.1, 0.15) is 5.82 Å². The number of aromatic nitrogens is 1. The lowest BCUT2D eigenvalue weighted by atomic mass is 10.1. The van der Waals surface area contributed by atoms with Gasteiger partial charge in [0, 0.05) is 17.4 Å². The molecule has 0 spiro atoms. The van der Waals surface area contributed by atoms with Gasteiger partial charge < -0.3 is 5.32 Å². The number of benzene rings is 3. The number of hydrogen-bond acceptors (Lipinski definition) is 6. The van der Waals surface area contributed by atoms with Gasteiger partial charge in [-0.05, 0) is 86.1 Å². The van der Waals surface area contributed by atoms with E-state index in [0.717, 1.165) is 5.56 Å². The van der Waals surface area contributed by atoms with Crippen LogP contribution >= 0.6 is 0 Å². The third kappa shape index (κ3) is 6.32. The van der Waals surface area contributed by atoms with Crippen LogP contribution in [-0.2, 0) is 20.0 Å². The van der Waals surface area contributed by atoms with E-state index in [-0.39, 0.29) is 15.6 Å². The molecule has 4 aromatic rings. The number of rotatable bonds is 8. The van der Waals surface area contributed by atoms with E-state index in [2.05, 4.69) is 19.7 Å². The average Bonchev–Trinajstić information content (AvgIpc) is 2.86. The highest BCUT2D eigenvalue weighted by Crippen LogP contribution is 2.23. The molecule has 3 N–H and O–H groups in total. The smallest absolute Gasteiger partial charge is 0.263 e. The minimum atomic E-state index is -3.84. The molecule has 0 aliphatic carbocycles. The minimum Gasteiger partial charge on any atom is -0.322 e. The number of sulfonamides is 2. The van der Waals surface area contributed by atoms with E-state index < -0.39 is 26.0 Å². The van der Waals surface area contributed by atoms with E-state index in [1.807, 2.05) is 6.92 Å². The first-order valence-electron chi connectivity index (χ1n) is 11.1. The van der Waals surface area contributed by atoms with Crippen molar-refractivity contribution in [2.45, 2.75) is 23.6 Å². The largest absolute Gasteiger partial charge is 0.322 e. The molecule has 0 fully saturated rings. The maximum absolute atomic E-state index is 12.8. The highest BCUT2D eigenvalue weighted by molar-refractivity contribution is 7.93. The van der Waals surface area contributed by atoms with E-state index in [1.54, 1.807) is 37.3 Å². The fraction of sp³-hybridized carbons (Fsp3) is 0.0769. The Morgan fingerprint density at radius 3 is 1.95 bits per heavy atom. The van der Waals surface area contributed by atoms with Gasteiger partial charge in [0.2, 0.25) is 0 Å². The third-order valence-corrected chi connectivity index (χ3v) is 8.14. The lowest BCUT2D eigenvalue weighted by Gasteiger charge is -2.13. The molecule has 1 amide bonds. The molecule has 9 nitrogen and oxygen atoms in total. The van der Waals surface area contributed by atoms with Crippen LogP contribution in [0.4, 0.5) is 17.2 Å². The van der Waals surface area contributed by atoms with E-state index in [9.17, 15) is 21.6 Å². The Balaban J connectivity index is 1.43. The van der Waals surface area contributed by atoms with Crippen molar-refractivity contribution >= 4 is 43.1 Å². The molecule has 0 atom stereocenters. The minimum absolute atomic E-state index is 0.0113. The molecule has 3 aromatic carbocycles. The number of aryl methyl sites for hydroxylation is 2. The maximum atomic E-state index is 12.8. The first-order chi connectivity index (χ1) is 17.5. The fourth-order valence-corrected chi connectivity index (χ4v) is 5.52. The molecule has 1 aromatic heterocycles. The number of nitrogens with one attached hydrogen (secondary N) is 3. The molecule has 0 aliphatic heterocycles. The molecule has 0 saturated heterocycles. The van der Waals surface area contributed by atoms with Crippen LogP contribution in [0.25, 0.3) is 0 Å². The summed E-state index contributed by atoms with van der Waals surface area (Å²) in [5, 5.41) is 2.71. The van der Waals surface area contributed by atoms with Crippen LogP contribution in [0.15, 0.2) is 101 Å². The predicted octanol–water partition coefficient (Wildman–Crippen LogP) is 4.55. The standard InChI is InChI=1S/C26H24N4O5S2/c1-18-6-11-22(12-7-18)36(32,33)29-24-15-8-20(17-19(24)2)26(31)28-21-9-13-23(14-10-21)37(34,35)30-25-5-3-4-16-27-25/h3-17,29H,1-2H3,(H,27,30)(H,28,31). The van der Waals surface area contributed by atoms with Gasteiger partial charge >= 0.3 is 0 Å². The van der Waals surface area contributed by atoms with E-state index in [1.165, 1.54) is 60.8 Å². The third-order valence-electron chi connectivity index (χ3n) is 5.39. The second kappa shape index (κ2) is 10.4. The summed E-state index contributed by atoms with van der Waals surface area (Å²) < 4.78 is 55.4. The molecule has 0 aliphatic rings. The lowest BCUT2D eigenvalue weighted by Crippen LogP contribution is -2.16. The van der Waals surface area contributed by atoms with Crippen molar-refractivity contribution in [2.75, 3.05) is 14.8 Å². The lowest BCUT2D eigenvalue weighted by molar-refractivity contribution is 0.102. The van der Waals surface area contributed by atoms with E-state index in [4.69, 9.17) is 0 Å². The molecule has 0 unspecified atom stereocenters. The van der Waals surface area contributed by atoms with Gasteiger partial charge in [0.15, 0.2) is 0 Å². The highest BCUT2D eigenvalue weighted by Gasteiger charge is 2.17. The van der Waals surface area contributed by atoms with Crippen molar-refractivity contribution < 1.29 is 21.6 Å². The Kier molecular flexibility index (Phi) is 7.28. The summed E-state index contributed by atoms with van der Waals surface area (Å²) in [6.07, 6.45) is 1.48. The molecule has 37 heavy (non-hydrogen) atoms. The van der Waals surface area contributed by atoms with Gasteiger partial charge in [0.05, 0.1) is 15.5 Å². The van der Waals surface area contributed by atoms with E-state index in [0.29, 0.717) is 22.5 Å². The van der Waals surface area contributed by atoms with Gasteiger partial charge in [-0.1, -0.05) is 23.8 Å². The van der Waals surface area contributed by atoms with Gasteiger partial charge in [-0.3, -0.25) is 14.2 Å². The number of carbonyl (C=O) groups is 1. The fourth-order valence-electron chi connectivity index (χ4n) is 3.38. The first kappa shape index (κ1) is 25.9. The van der Waals surface area contributed by atoms with Crippen molar-refractivity contribution in [3.05, 3.63) is 108 Å². The zero-order chi connectivity index (χ0) is 26.6. The monoisotopic (exact) mass is 536 g/mol. The average molecular weight is 537 g/mol. The van der Waals surface area contributed by atoms with Crippen LogP contribution in [0.3, 0.4) is 0 Å². The second-order valence-corrected chi connectivity index (χ2v) is 11.6. The molecule has 1 heterocycles. The van der Waals surface area contributed by atoms with Crippen molar-refractivity contribution in [1.82, 2.24) is 4.98 Å². The molecule has 0 bridgehead atoms. The molecule has 190 valence electrons. The number of carbonyl (C=O) groups excluding carboxylic acids is 1. The summed E-state index contributed by atoms with van der Waals surface area (Å²) >= 11 is 0. The summed E-state index contributed by atoms with van der Waals surface area (Å²) in [6.45, 7) is 3.56. The predicted molar refractivity (Wildman–Crippen MR) is 143 cm³/mol. The summed E-state index contributed by atoms with van der Waals surface area (Å²) in [6, 6.07) is 21.6. The van der Waals surface area contributed by atoms with Crippen molar-refractivity contribution in [3.63, 3.8) is 0 Å². The van der Waals surface area contributed by atoms with Crippen LogP contribution in [0.2, 0.25) is 0 Å². The van der Waals surface area contributed by atoms with Gasteiger partial charge in [0.25, 0.3) is 26.0 Å².